The topological polar surface area (TPSA) is 37.4 Å². The lowest BCUT2D eigenvalue weighted by Gasteiger charge is -2.38. The summed E-state index contributed by atoms with van der Waals surface area (Å²) in [6, 6.07) is 25.4. The fourth-order valence-corrected chi connectivity index (χ4v) is 7.02. The molecule has 0 saturated carbocycles. The van der Waals surface area contributed by atoms with Crippen LogP contribution in [-0.2, 0) is 15.4 Å². The molecule has 1 fully saturated rings. The molecular formula is C26H24FNO2S. The summed E-state index contributed by atoms with van der Waals surface area (Å²) in [4.78, 5) is 0.128. The molecule has 0 N–H and O–H groups in total. The molecule has 0 aromatic heterocycles. The van der Waals surface area contributed by atoms with E-state index in [1.165, 1.54) is 24.3 Å². The van der Waals surface area contributed by atoms with Crippen LogP contribution in [0.1, 0.15) is 24.0 Å². The van der Waals surface area contributed by atoms with Crippen molar-refractivity contribution in [3.8, 4) is 0 Å². The van der Waals surface area contributed by atoms with Gasteiger partial charge < -0.3 is 0 Å². The van der Waals surface area contributed by atoms with E-state index in [1.54, 1.807) is 4.31 Å². The summed E-state index contributed by atoms with van der Waals surface area (Å²) in [6.45, 7) is 0.348. The first-order valence-corrected chi connectivity index (χ1v) is 12.0. The number of hydrogen-bond donors (Lipinski definition) is 0. The van der Waals surface area contributed by atoms with Crippen LogP contribution in [0, 0.1) is 11.7 Å². The van der Waals surface area contributed by atoms with Crippen LogP contribution in [0.2, 0.25) is 0 Å². The number of sulfonamides is 1. The fraction of sp³-hybridized carbons (Fsp3) is 0.231. The molecule has 0 amide bonds. The molecule has 1 saturated heterocycles. The van der Waals surface area contributed by atoms with Crippen LogP contribution in [0.15, 0.2) is 102 Å². The molecule has 1 heterocycles. The third-order valence-corrected chi connectivity index (χ3v) is 8.62. The molecule has 3 aromatic rings. The van der Waals surface area contributed by atoms with Crippen LogP contribution >= 0.6 is 0 Å². The van der Waals surface area contributed by atoms with Crippen molar-refractivity contribution < 1.29 is 12.8 Å². The molecule has 3 nitrogen and oxygen atoms in total. The Morgan fingerprint density at radius 2 is 1.42 bits per heavy atom. The van der Waals surface area contributed by atoms with Crippen molar-refractivity contribution in [3.63, 3.8) is 0 Å². The van der Waals surface area contributed by atoms with Gasteiger partial charge in [-0.05, 0) is 54.2 Å². The van der Waals surface area contributed by atoms with E-state index >= 15 is 0 Å². The number of allylic oxidation sites excluding steroid dienone is 1. The van der Waals surface area contributed by atoms with Gasteiger partial charge in [0.1, 0.15) is 5.82 Å². The van der Waals surface area contributed by atoms with Gasteiger partial charge in [0.05, 0.1) is 4.90 Å². The van der Waals surface area contributed by atoms with E-state index < -0.39 is 21.3 Å². The fourth-order valence-electron chi connectivity index (χ4n) is 5.36. The number of halogens is 1. The third-order valence-electron chi connectivity index (χ3n) is 6.76. The van der Waals surface area contributed by atoms with Crippen molar-refractivity contribution in [1.82, 2.24) is 4.31 Å². The second-order valence-electron chi connectivity index (χ2n) is 8.31. The molecule has 3 aromatic carbocycles. The van der Waals surface area contributed by atoms with Gasteiger partial charge in [-0.25, -0.2) is 12.8 Å². The van der Waals surface area contributed by atoms with E-state index in [0.29, 0.717) is 6.54 Å². The molecule has 2 atom stereocenters. The molecule has 2 aliphatic rings. The number of hydrogen-bond acceptors (Lipinski definition) is 2. The Bertz CT molecular complexity index is 1150. The van der Waals surface area contributed by atoms with Crippen molar-refractivity contribution in [3.05, 3.63) is 114 Å². The molecule has 0 spiro atoms. The van der Waals surface area contributed by atoms with Crippen LogP contribution in [0.4, 0.5) is 4.39 Å². The van der Waals surface area contributed by atoms with Gasteiger partial charge in [0, 0.05) is 18.0 Å². The number of fused-ring (bicyclic) bond motifs is 1. The highest BCUT2D eigenvalue weighted by Crippen LogP contribution is 2.52. The Labute approximate surface area is 182 Å². The van der Waals surface area contributed by atoms with Crippen molar-refractivity contribution in [2.75, 3.05) is 6.54 Å². The maximum absolute atomic E-state index is 13.7. The van der Waals surface area contributed by atoms with Gasteiger partial charge >= 0.3 is 0 Å². The van der Waals surface area contributed by atoms with Crippen molar-refractivity contribution in [2.24, 2.45) is 5.92 Å². The third kappa shape index (κ3) is 3.24. The van der Waals surface area contributed by atoms with Gasteiger partial charge in [-0.3, -0.25) is 0 Å². The molecule has 1 aliphatic heterocycles. The Morgan fingerprint density at radius 1 is 0.839 bits per heavy atom. The second kappa shape index (κ2) is 7.74. The highest BCUT2D eigenvalue weighted by Gasteiger charge is 2.57. The molecule has 1 aliphatic carbocycles. The van der Waals surface area contributed by atoms with E-state index in [2.05, 4.69) is 30.3 Å². The highest BCUT2D eigenvalue weighted by molar-refractivity contribution is 7.89. The monoisotopic (exact) mass is 433 g/mol. The van der Waals surface area contributed by atoms with Crippen LogP contribution in [0.25, 0.3) is 0 Å². The van der Waals surface area contributed by atoms with E-state index in [0.717, 1.165) is 24.0 Å². The maximum Gasteiger partial charge on any atom is 0.243 e. The van der Waals surface area contributed by atoms with Gasteiger partial charge in [0.25, 0.3) is 0 Å². The lowest BCUT2D eigenvalue weighted by atomic mass is 9.64. The van der Waals surface area contributed by atoms with Gasteiger partial charge in [-0.1, -0.05) is 72.8 Å². The molecule has 0 bridgehead atoms. The largest absolute Gasteiger partial charge is 0.243 e. The quantitative estimate of drug-likeness (QED) is 0.534. The molecule has 31 heavy (non-hydrogen) atoms. The molecule has 5 heteroatoms. The average Bonchev–Trinajstić information content (AvgIpc) is 3.18. The minimum absolute atomic E-state index is 0.109. The molecule has 158 valence electrons. The predicted molar refractivity (Wildman–Crippen MR) is 120 cm³/mol. The van der Waals surface area contributed by atoms with E-state index in [9.17, 15) is 12.8 Å². The summed E-state index contributed by atoms with van der Waals surface area (Å²) in [5, 5.41) is 0. The van der Waals surface area contributed by atoms with Crippen molar-refractivity contribution in [2.45, 2.75) is 29.2 Å². The Morgan fingerprint density at radius 3 is 2.00 bits per heavy atom. The predicted octanol–water partition coefficient (Wildman–Crippen LogP) is 5.15. The highest BCUT2D eigenvalue weighted by atomic mass is 32.2. The zero-order chi connectivity index (χ0) is 21.5. The SMILES string of the molecule is O=S(=O)(c1ccc(F)cc1)N1CC(c2ccccc2)(c2ccccc2)[C@@H]2CCC=C[C@@H]21. The number of nitrogens with zero attached hydrogens (tertiary/aromatic N) is 1. The van der Waals surface area contributed by atoms with Crippen LogP contribution in [0.5, 0.6) is 0 Å². The minimum atomic E-state index is -3.80. The Kier molecular flexibility index (Phi) is 5.03. The van der Waals surface area contributed by atoms with Crippen molar-refractivity contribution >= 4 is 10.0 Å². The summed E-state index contributed by atoms with van der Waals surface area (Å²) in [6.07, 6.45) is 5.96. The van der Waals surface area contributed by atoms with Crippen LogP contribution in [0.3, 0.4) is 0 Å². The van der Waals surface area contributed by atoms with Gasteiger partial charge in [-0.2, -0.15) is 4.31 Å². The van der Waals surface area contributed by atoms with Gasteiger partial charge in [-0.15, -0.1) is 0 Å². The average molecular weight is 434 g/mol. The summed E-state index contributed by atoms with van der Waals surface area (Å²) < 4.78 is 42.5. The first-order valence-electron chi connectivity index (χ1n) is 10.6. The summed E-state index contributed by atoms with van der Waals surface area (Å²) >= 11 is 0. The van der Waals surface area contributed by atoms with Gasteiger partial charge in [0.15, 0.2) is 0 Å². The molecule has 0 radical (unpaired) electrons. The molecule has 5 rings (SSSR count). The zero-order valence-electron chi connectivity index (χ0n) is 17.1. The minimum Gasteiger partial charge on any atom is -0.207 e. The standard InChI is InChI=1S/C26H24FNO2S/c27-22-15-17-23(18-16-22)31(29,30)28-19-26(20-9-3-1-4-10-20,21-11-5-2-6-12-21)24-13-7-8-14-25(24)28/h1-6,8-12,14-18,24-25H,7,13,19H2/t24-,25+/m1/s1. The smallest absolute Gasteiger partial charge is 0.207 e. The first kappa shape index (κ1) is 20.2. The Hall–Kier alpha value is -2.76. The lowest BCUT2D eigenvalue weighted by molar-refractivity contribution is 0.332. The normalized spacial score (nSPS) is 22.9. The van der Waals surface area contributed by atoms with E-state index in [1.807, 2.05) is 42.5 Å². The van der Waals surface area contributed by atoms with E-state index in [4.69, 9.17) is 0 Å². The zero-order valence-corrected chi connectivity index (χ0v) is 17.9. The van der Waals surface area contributed by atoms with E-state index in [-0.39, 0.29) is 16.9 Å². The Balaban J connectivity index is 1.70. The summed E-state index contributed by atoms with van der Waals surface area (Å²) in [5.74, 6) is -0.337. The maximum atomic E-state index is 13.7. The lowest BCUT2D eigenvalue weighted by Crippen LogP contribution is -2.38. The van der Waals surface area contributed by atoms with Crippen LogP contribution < -0.4 is 0 Å². The second-order valence-corrected chi connectivity index (χ2v) is 10.2. The number of rotatable bonds is 4. The van der Waals surface area contributed by atoms with Crippen LogP contribution in [-0.4, -0.2) is 25.3 Å². The summed E-state index contributed by atoms with van der Waals surface area (Å²) in [5.41, 5.74) is 1.80. The number of benzene rings is 3. The first-order chi connectivity index (χ1) is 15.0. The van der Waals surface area contributed by atoms with Gasteiger partial charge in [0.2, 0.25) is 10.0 Å². The molecule has 0 unspecified atom stereocenters. The molecular weight excluding hydrogens is 409 g/mol. The van der Waals surface area contributed by atoms with Crippen molar-refractivity contribution in [1.29, 1.82) is 0 Å². The summed E-state index contributed by atoms with van der Waals surface area (Å²) in [7, 11) is -3.80.